The van der Waals surface area contributed by atoms with Crippen LogP contribution in [0.2, 0.25) is 0 Å². The lowest BCUT2D eigenvalue weighted by molar-refractivity contribution is -0.143. The topological polar surface area (TPSA) is 26.8 Å². The quantitative estimate of drug-likeness (QED) is 0.401. The highest BCUT2D eigenvalue weighted by atomic mass is 19.4. The molecule has 0 saturated carbocycles. The van der Waals surface area contributed by atoms with Crippen molar-refractivity contribution in [2.24, 2.45) is 0 Å². The van der Waals surface area contributed by atoms with Gasteiger partial charge in [-0.3, -0.25) is 9.69 Å². The molecule has 2 aliphatic heterocycles. The summed E-state index contributed by atoms with van der Waals surface area (Å²) in [6.45, 7) is 3.69. The molecular formula is C28H33F6N3O. The molecule has 2 heterocycles. The fourth-order valence-electron chi connectivity index (χ4n) is 5.54. The molecule has 0 aliphatic carbocycles. The molecule has 0 spiro atoms. The number of piperidine rings is 1. The van der Waals surface area contributed by atoms with Crippen molar-refractivity contribution >= 4 is 5.91 Å². The van der Waals surface area contributed by atoms with Gasteiger partial charge >= 0.3 is 12.4 Å². The molecule has 2 aliphatic rings. The molecule has 38 heavy (non-hydrogen) atoms. The SMILES string of the molecule is CN(CCc1cc(C(F)(F)F)cc(C(F)(F)F)c1)C(=O)C(c1ccccc1)N1CCC(N2CCCC2)CC1. The van der Waals surface area contributed by atoms with Crippen LogP contribution in [0.5, 0.6) is 0 Å². The maximum atomic E-state index is 13.7. The van der Waals surface area contributed by atoms with Crippen molar-refractivity contribution in [1.29, 1.82) is 0 Å². The van der Waals surface area contributed by atoms with E-state index in [2.05, 4.69) is 9.80 Å². The minimum atomic E-state index is -4.91. The monoisotopic (exact) mass is 541 g/mol. The minimum absolute atomic E-state index is 0.00891. The Kier molecular flexibility index (Phi) is 8.72. The number of halogens is 6. The molecule has 0 N–H and O–H groups in total. The van der Waals surface area contributed by atoms with Crippen molar-refractivity contribution < 1.29 is 31.1 Å². The summed E-state index contributed by atoms with van der Waals surface area (Å²) in [7, 11) is 1.55. The second-order valence-electron chi connectivity index (χ2n) is 10.2. The Morgan fingerprint density at radius 3 is 1.97 bits per heavy atom. The number of amides is 1. The summed E-state index contributed by atoms with van der Waals surface area (Å²) >= 11 is 0. The van der Waals surface area contributed by atoms with E-state index >= 15 is 0 Å². The Morgan fingerprint density at radius 2 is 1.45 bits per heavy atom. The van der Waals surface area contributed by atoms with Gasteiger partial charge in [-0.05, 0) is 74.5 Å². The molecule has 10 heteroatoms. The highest BCUT2D eigenvalue weighted by Crippen LogP contribution is 2.36. The smallest absolute Gasteiger partial charge is 0.344 e. The van der Waals surface area contributed by atoms with Crippen LogP contribution in [-0.4, -0.2) is 66.4 Å². The number of benzene rings is 2. The first-order valence-corrected chi connectivity index (χ1v) is 13.0. The first-order chi connectivity index (χ1) is 17.9. The van der Waals surface area contributed by atoms with Crippen LogP contribution in [-0.2, 0) is 23.6 Å². The van der Waals surface area contributed by atoms with Crippen LogP contribution in [0.4, 0.5) is 26.3 Å². The van der Waals surface area contributed by atoms with Crippen molar-refractivity contribution in [2.75, 3.05) is 39.8 Å². The van der Waals surface area contributed by atoms with Crippen LogP contribution in [0.25, 0.3) is 0 Å². The van der Waals surface area contributed by atoms with Gasteiger partial charge in [0.05, 0.1) is 11.1 Å². The number of likely N-dealkylation sites (N-methyl/N-ethyl adjacent to an activating group) is 1. The van der Waals surface area contributed by atoms with Crippen molar-refractivity contribution in [2.45, 2.75) is 56.5 Å². The van der Waals surface area contributed by atoms with E-state index in [4.69, 9.17) is 0 Å². The van der Waals surface area contributed by atoms with Crippen LogP contribution >= 0.6 is 0 Å². The lowest BCUT2D eigenvalue weighted by Gasteiger charge is -2.41. The highest BCUT2D eigenvalue weighted by Gasteiger charge is 2.37. The summed E-state index contributed by atoms with van der Waals surface area (Å²) in [4.78, 5) is 19.7. The van der Waals surface area contributed by atoms with E-state index < -0.39 is 29.5 Å². The van der Waals surface area contributed by atoms with Gasteiger partial charge < -0.3 is 9.80 Å². The average molecular weight is 542 g/mol. The predicted octanol–water partition coefficient (Wildman–Crippen LogP) is 6.03. The lowest BCUT2D eigenvalue weighted by atomic mass is 9.97. The van der Waals surface area contributed by atoms with E-state index in [-0.39, 0.29) is 30.5 Å². The van der Waals surface area contributed by atoms with Crippen LogP contribution in [0, 0.1) is 0 Å². The molecule has 1 atom stereocenters. The molecule has 2 aromatic carbocycles. The molecule has 0 aromatic heterocycles. The van der Waals surface area contributed by atoms with Gasteiger partial charge in [0.2, 0.25) is 5.91 Å². The summed E-state index contributed by atoms with van der Waals surface area (Å²) in [5, 5.41) is 0. The van der Waals surface area contributed by atoms with Gasteiger partial charge in [0, 0.05) is 32.7 Å². The standard InChI is InChI=1S/C28H33F6N3O/c1-35(14-9-20-17-22(27(29,30)31)19-23(18-20)28(32,33)34)26(38)25(21-7-3-2-4-8-21)37-15-10-24(11-16-37)36-12-5-6-13-36/h2-4,7-8,17-19,24-25H,5-6,9-16H2,1H3. The summed E-state index contributed by atoms with van der Waals surface area (Å²) in [6.07, 6.45) is -5.61. The number of hydrogen-bond donors (Lipinski definition) is 0. The Labute approximate surface area is 219 Å². The normalized spacial score (nSPS) is 19.0. The van der Waals surface area contributed by atoms with Gasteiger partial charge in [-0.25, -0.2) is 0 Å². The maximum Gasteiger partial charge on any atom is 0.416 e. The average Bonchev–Trinajstić information content (AvgIpc) is 3.42. The molecule has 2 fully saturated rings. The first kappa shape index (κ1) is 28.4. The largest absolute Gasteiger partial charge is 0.416 e. The zero-order chi connectivity index (χ0) is 27.5. The molecule has 0 bridgehead atoms. The minimum Gasteiger partial charge on any atom is -0.344 e. The second-order valence-corrected chi connectivity index (χ2v) is 10.2. The summed E-state index contributed by atoms with van der Waals surface area (Å²) in [5.74, 6) is -0.223. The van der Waals surface area contributed by atoms with Crippen LogP contribution < -0.4 is 0 Å². The van der Waals surface area contributed by atoms with E-state index in [9.17, 15) is 31.1 Å². The summed E-state index contributed by atoms with van der Waals surface area (Å²) in [6, 6.07) is 10.8. The Bertz CT molecular complexity index is 1040. The summed E-state index contributed by atoms with van der Waals surface area (Å²) < 4.78 is 79.5. The van der Waals surface area contributed by atoms with Crippen molar-refractivity contribution in [1.82, 2.24) is 14.7 Å². The van der Waals surface area contributed by atoms with Crippen molar-refractivity contribution in [3.63, 3.8) is 0 Å². The van der Waals surface area contributed by atoms with Gasteiger partial charge in [-0.15, -0.1) is 0 Å². The number of likely N-dealkylation sites (tertiary alicyclic amines) is 2. The van der Waals surface area contributed by atoms with Crippen molar-refractivity contribution in [3.05, 3.63) is 70.8 Å². The second kappa shape index (κ2) is 11.7. The molecule has 1 unspecified atom stereocenters. The van der Waals surface area contributed by atoms with E-state index in [0.29, 0.717) is 6.04 Å². The van der Waals surface area contributed by atoms with Gasteiger partial charge in [0.25, 0.3) is 0 Å². The molecule has 2 aromatic rings. The number of alkyl halides is 6. The van der Waals surface area contributed by atoms with Gasteiger partial charge in [0.15, 0.2) is 0 Å². The molecule has 1 amide bonds. The fraction of sp³-hybridized carbons (Fsp3) is 0.536. The Hall–Kier alpha value is -2.59. The Balaban J connectivity index is 1.48. The lowest BCUT2D eigenvalue weighted by Crippen LogP contribution is -2.49. The molecular weight excluding hydrogens is 508 g/mol. The third-order valence-electron chi connectivity index (χ3n) is 7.63. The van der Waals surface area contributed by atoms with Crippen LogP contribution in [0.15, 0.2) is 48.5 Å². The number of nitrogens with zero attached hydrogens (tertiary/aromatic N) is 3. The zero-order valence-electron chi connectivity index (χ0n) is 21.4. The van der Waals surface area contributed by atoms with Gasteiger partial charge in [-0.2, -0.15) is 26.3 Å². The van der Waals surface area contributed by atoms with Crippen LogP contribution in [0.1, 0.15) is 54.0 Å². The first-order valence-electron chi connectivity index (χ1n) is 13.0. The summed E-state index contributed by atoms with van der Waals surface area (Å²) in [5.41, 5.74) is -1.99. The number of carbonyl (C=O) groups excluding carboxylic acids is 1. The van der Waals surface area contributed by atoms with Gasteiger partial charge in [-0.1, -0.05) is 30.3 Å². The molecule has 2 saturated heterocycles. The molecule has 0 radical (unpaired) electrons. The van der Waals surface area contributed by atoms with E-state index in [1.54, 1.807) is 7.05 Å². The molecule has 4 nitrogen and oxygen atoms in total. The number of carbonyl (C=O) groups is 1. The molecule has 4 rings (SSSR count). The predicted molar refractivity (Wildman–Crippen MR) is 132 cm³/mol. The van der Waals surface area contributed by atoms with E-state index in [1.165, 1.54) is 17.7 Å². The fourth-order valence-corrected chi connectivity index (χ4v) is 5.54. The number of hydrogen-bond acceptors (Lipinski definition) is 3. The number of rotatable bonds is 7. The zero-order valence-corrected chi connectivity index (χ0v) is 21.4. The van der Waals surface area contributed by atoms with Crippen LogP contribution in [0.3, 0.4) is 0 Å². The highest BCUT2D eigenvalue weighted by molar-refractivity contribution is 5.83. The van der Waals surface area contributed by atoms with E-state index in [1.807, 2.05) is 30.3 Å². The third-order valence-corrected chi connectivity index (χ3v) is 7.63. The van der Waals surface area contributed by atoms with Crippen molar-refractivity contribution in [3.8, 4) is 0 Å². The third kappa shape index (κ3) is 6.88. The maximum absolute atomic E-state index is 13.7. The Morgan fingerprint density at radius 1 is 0.895 bits per heavy atom. The van der Waals surface area contributed by atoms with Gasteiger partial charge in [0.1, 0.15) is 6.04 Å². The molecule has 208 valence electrons. The van der Waals surface area contributed by atoms with E-state index in [0.717, 1.165) is 56.7 Å².